The van der Waals surface area contributed by atoms with Gasteiger partial charge in [-0.1, -0.05) is 6.07 Å². The van der Waals surface area contributed by atoms with Gasteiger partial charge in [0.15, 0.2) is 0 Å². The van der Waals surface area contributed by atoms with Crippen molar-refractivity contribution in [2.45, 2.75) is 13.5 Å². The number of amides is 1. The van der Waals surface area contributed by atoms with Crippen LogP contribution in [0.25, 0.3) is 21.6 Å². The molecule has 4 N–H and O–H groups in total. The first-order valence-electron chi connectivity index (χ1n) is 8.36. The average molecular weight is 395 g/mol. The number of anilines is 1. The van der Waals surface area contributed by atoms with Gasteiger partial charge >= 0.3 is 6.01 Å². The summed E-state index contributed by atoms with van der Waals surface area (Å²) in [5.41, 5.74) is 14.7. The first-order chi connectivity index (χ1) is 13.4. The van der Waals surface area contributed by atoms with Crippen molar-refractivity contribution in [3.63, 3.8) is 0 Å². The number of ether oxygens (including phenoxy) is 1. The molecule has 0 aliphatic heterocycles. The highest BCUT2D eigenvalue weighted by molar-refractivity contribution is 7.21. The highest BCUT2D eigenvalue weighted by atomic mass is 32.1. The van der Waals surface area contributed by atoms with Crippen LogP contribution >= 0.6 is 11.3 Å². The van der Waals surface area contributed by atoms with E-state index in [1.165, 1.54) is 0 Å². The highest BCUT2D eigenvalue weighted by Crippen LogP contribution is 2.38. The molecule has 0 aliphatic carbocycles. The number of thiophene rings is 1. The van der Waals surface area contributed by atoms with E-state index in [1.807, 2.05) is 38.4 Å². The molecular weight excluding hydrogens is 378 g/mol. The van der Waals surface area contributed by atoms with Crippen LogP contribution in [0, 0.1) is 6.92 Å². The van der Waals surface area contributed by atoms with Crippen molar-refractivity contribution in [3.8, 4) is 17.4 Å². The molecule has 0 unspecified atom stereocenters. The molecule has 4 aromatic rings. The van der Waals surface area contributed by atoms with E-state index in [9.17, 15) is 4.79 Å². The summed E-state index contributed by atoms with van der Waals surface area (Å²) < 4.78 is 7.45. The number of hydrogen-bond acceptors (Lipinski definition) is 8. The number of pyridine rings is 1. The van der Waals surface area contributed by atoms with Gasteiger partial charge in [0.05, 0.1) is 23.0 Å². The molecule has 1 amide bonds. The minimum Gasteiger partial charge on any atom is -0.458 e. The molecule has 9 nitrogen and oxygen atoms in total. The maximum atomic E-state index is 11.7. The minimum absolute atomic E-state index is 0.159. The average Bonchev–Trinajstić information content (AvgIpc) is 3.22. The lowest BCUT2D eigenvalue weighted by molar-refractivity contribution is 0.100. The number of primary amides is 1. The van der Waals surface area contributed by atoms with E-state index in [0.29, 0.717) is 21.6 Å². The van der Waals surface area contributed by atoms with Crippen LogP contribution in [-0.2, 0) is 13.7 Å². The number of nitrogen functional groups attached to an aromatic ring is 1. The molecule has 10 heteroatoms. The van der Waals surface area contributed by atoms with E-state index >= 15 is 0 Å². The van der Waals surface area contributed by atoms with E-state index in [2.05, 4.69) is 20.1 Å². The molecule has 28 heavy (non-hydrogen) atoms. The third-order valence-electron chi connectivity index (χ3n) is 4.05. The Hall–Kier alpha value is -3.53. The third kappa shape index (κ3) is 3.25. The van der Waals surface area contributed by atoms with E-state index in [1.54, 1.807) is 10.9 Å². The van der Waals surface area contributed by atoms with Crippen molar-refractivity contribution in [3.05, 3.63) is 46.7 Å². The van der Waals surface area contributed by atoms with Crippen molar-refractivity contribution >= 4 is 33.1 Å². The van der Waals surface area contributed by atoms with Crippen molar-refractivity contribution in [2.24, 2.45) is 12.8 Å². The van der Waals surface area contributed by atoms with Crippen molar-refractivity contribution in [1.82, 2.24) is 24.7 Å². The second kappa shape index (κ2) is 6.89. The molecule has 0 fully saturated rings. The predicted molar refractivity (Wildman–Crippen MR) is 106 cm³/mol. The molecule has 0 aliphatic rings. The fraction of sp³-hybridized carbons (Fsp3) is 0.167. The lowest BCUT2D eigenvalue weighted by atomic mass is 10.1. The summed E-state index contributed by atoms with van der Waals surface area (Å²) in [6, 6.07) is 5.74. The number of carbonyl (C=O) groups excluding carboxylic acids is 1. The third-order valence-corrected chi connectivity index (χ3v) is 5.16. The van der Waals surface area contributed by atoms with E-state index in [0.717, 1.165) is 22.6 Å². The van der Waals surface area contributed by atoms with Gasteiger partial charge in [-0.25, -0.2) is 0 Å². The molecule has 0 radical (unpaired) electrons. The van der Waals surface area contributed by atoms with Crippen molar-refractivity contribution in [1.29, 1.82) is 0 Å². The van der Waals surface area contributed by atoms with Crippen LogP contribution in [0.5, 0.6) is 6.01 Å². The van der Waals surface area contributed by atoms with Gasteiger partial charge in [-0.3, -0.25) is 14.5 Å². The molecule has 0 bridgehead atoms. The van der Waals surface area contributed by atoms with Crippen LogP contribution < -0.4 is 16.2 Å². The number of fused-ring (bicyclic) bond motifs is 1. The SMILES string of the molecule is Cc1cccc(-c2nc(OCc3cnn(C)c3)nc3sc(C(N)=O)c(N)c23)n1. The Morgan fingerprint density at radius 3 is 2.79 bits per heavy atom. The van der Waals surface area contributed by atoms with Gasteiger partial charge in [0.2, 0.25) is 0 Å². The van der Waals surface area contributed by atoms with Gasteiger partial charge in [0.25, 0.3) is 5.91 Å². The van der Waals surface area contributed by atoms with Gasteiger partial charge in [-0.15, -0.1) is 11.3 Å². The molecule has 0 aromatic carbocycles. The minimum atomic E-state index is -0.610. The number of aryl methyl sites for hydroxylation is 2. The molecule has 4 aromatic heterocycles. The van der Waals surface area contributed by atoms with E-state index in [4.69, 9.17) is 16.2 Å². The molecule has 0 spiro atoms. The summed E-state index contributed by atoms with van der Waals surface area (Å²) in [5, 5.41) is 4.65. The van der Waals surface area contributed by atoms with Crippen LogP contribution in [-0.4, -0.2) is 30.6 Å². The summed E-state index contributed by atoms with van der Waals surface area (Å²) in [5.74, 6) is -0.610. The zero-order chi connectivity index (χ0) is 19.8. The molecule has 4 rings (SSSR count). The van der Waals surface area contributed by atoms with Gasteiger partial charge in [0.1, 0.15) is 22.0 Å². The Morgan fingerprint density at radius 1 is 1.29 bits per heavy atom. The molecule has 142 valence electrons. The first-order valence-corrected chi connectivity index (χ1v) is 9.18. The van der Waals surface area contributed by atoms with Gasteiger partial charge in [-0.2, -0.15) is 15.1 Å². The Kier molecular flexibility index (Phi) is 4.40. The van der Waals surface area contributed by atoms with E-state index < -0.39 is 5.91 Å². The van der Waals surface area contributed by atoms with Crippen molar-refractivity contribution < 1.29 is 9.53 Å². The van der Waals surface area contributed by atoms with Crippen LogP contribution in [0.3, 0.4) is 0 Å². The Labute approximate surface area is 164 Å². The van der Waals surface area contributed by atoms with Crippen LogP contribution in [0.1, 0.15) is 20.9 Å². The van der Waals surface area contributed by atoms with Crippen LogP contribution in [0.2, 0.25) is 0 Å². The van der Waals surface area contributed by atoms with Gasteiger partial charge < -0.3 is 16.2 Å². The zero-order valence-corrected chi connectivity index (χ0v) is 16.0. The molecule has 0 saturated carbocycles. The van der Waals surface area contributed by atoms with Gasteiger partial charge in [-0.05, 0) is 19.1 Å². The summed E-state index contributed by atoms with van der Waals surface area (Å²) in [7, 11) is 1.83. The summed E-state index contributed by atoms with van der Waals surface area (Å²) in [6.45, 7) is 2.14. The summed E-state index contributed by atoms with van der Waals surface area (Å²) in [6.07, 6.45) is 3.55. The summed E-state index contributed by atoms with van der Waals surface area (Å²) in [4.78, 5) is 25.9. The number of hydrogen-bond donors (Lipinski definition) is 2. The number of aromatic nitrogens is 5. The van der Waals surface area contributed by atoms with Crippen LogP contribution in [0.4, 0.5) is 5.69 Å². The smallest absolute Gasteiger partial charge is 0.318 e. The zero-order valence-electron chi connectivity index (χ0n) is 15.2. The topological polar surface area (TPSA) is 135 Å². The largest absolute Gasteiger partial charge is 0.458 e. The Bertz CT molecular complexity index is 1200. The molecule has 4 heterocycles. The highest BCUT2D eigenvalue weighted by Gasteiger charge is 2.22. The quantitative estimate of drug-likeness (QED) is 0.528. The first kappa shape index (κ1) is 17.9. The Morgan fingerprint density at radius 2 is 2.11 bits per heavy atom. The fourth-order valence-electron chi connectivity index (χ4n) is 2.80. The van der Waals surface area contributed by atoms with Crippen LogP contribution in [0.15, 0.2) is 30.6 Å². The monoisotopic (exact) mass is 395 g/mol. The molecular formula is C18H17N7O2S. The maximum absolute atomic E-state index is 11.7. The molecule has 0 atom stereocenters. The maximum Gasteiger partial charge on any atom is 0.318 e. The van der Waals surface area contributed by atoms with Gasteiger partial charge in [0, 0.05) is 24.5 Å². The lowest BCUT2D eigenvalue weighted by Crippen LogP contribution is -2.10. The second-order valence-electron chi connectivity index (χ2n) is 6.22. The number of nitrogens with zero attached hydrogens (tertiary/aromatic N) is 5. The summed E-state index contributed by atoms with van der Waals surface area (Å²) >= 11 is 1.11. The number of nitrogens with two attached hydrogens (primary N) is 2. The van der Waals surface area contributed by atoms with E-state index in [-0.39, 0.29) is 23.2 Å². The predicted octanol–water partition coefficient (Wildman–Crippen LogP) is 2.06. The fourth-order valence-corrected chi connectivity index (χ4v) is 3.74. The number of carbonyl (C=O) groups is 1. The standard InChI is InChI=1S/C18H17N7O2S/c1-9-4-3-5-11(22-9)14-12-13(19)15(16(20)26)28-17(12)24-18(23-14)27-8-10-6-21-25(2)7-10/h3-7H,8,19H2,1-2H3,(H2,20,26). The number of rotatable bonds is 5. The normalized spacial score (nSPS) is 11.1. The molecule has 0 saturated heterocycles. The van der Waals surface area contributed by atoms with Crippen molar-refractivity contribution in [2.75, 3.05) is 5.73 Å². The second-order valence-corrected chi connectivity index (χ2v) is 7.22. The Balaban J connectivity index is 1.84. The lowest BCUT2D eigenvalue weighted by Gasteiger charge is -2.08.